The van der Waals surface area contributed by atoms with Crippen molar-refractivity contribution in [3.63, 3.8) is 0 Å². The summed E-state index contributed by atoms with van der Waals surface area (Å²) in [4.78, 5) is 0. The lowest BCUT2D eigenvalue weighted by atomic mass is 9.86. The molecule has 0 unspecified atom stereocenters. The summed E-state index contributed by atoms with van der Waals surface area (Å²) in [7, 11) is 5.50. The number of allylic oxidation sites excluding steroid dienone is 4. The van der Waals surface area contributed by atoms with Gasteiger partial charge in [0.1, 0.15) is 7.85 Å². The zero-order valence-corrected chi connectivity index (χ0v) is 5.22. The molecule has 9 heavy (non-hydrogen) atoms. The van der Waals surface area contributed by atoms with E-state index in [0.29, 0.717) is 0 Å². The SMILES string of the molecule is [B]C1=CC=C(C#C)CC1. The number of terminal acetylenes is 1. The molecule has 1 aliphatic rings. The molecule has 0 saturated heterocycles. The molecule has 1 aliphatic carbocycles. The quantitative estimate of drug-likeness (QED) is 0.329. The van der Waals surface area contributed by atoms with Crippen molar-refractivity contribution in [2.45, 2.75) is 12.8 Å². The maximum Gasteiger partial charge on any atom is 0.107 e. The zero-order valence-electron chi connectivity index (χ0n) is 5.22. The molecule has 0 spiro atoms. The predicted molar refractivity (Wildman–Crippen MR) is 40.0 cm³/mol. The average Bonchev–Trinajstić information content (AvgIpc) is 1.90. The van der Waals surface area contributed by atoms with E-state index >= 15 is 0 Å². The molecule has 0 N–H and O–H groups in total. The van der Waals surface area contributed by atoms with Crippen molar-refractivity contribution in [3.8, 4) is 12.3 Å². The van der Waals surface area contributed by atoms with Crippen molar-refractivity contribution in [1.82, 2.24) is 0 Å². The second kappa shape index (κ2) is 2.59. The first kappa shape index (κ1) is 6.23. The minimum atomic E-state index is 0.913. The van der Waals surface area contributed by atoms with Crippen molar-refractivity contribution in [1.29, 1.82) is 0 Å². The summed E-state index contributed by atoms with van der Waals surface area (Å²) in [6.07, 6.45) is 10.8. The maximum atomic E-state index is 5.50. The number of hydrogen-bond donors (Lipinski definition) is 0. The van der Waals surface area contributed by atoms with Crippen LogP contribution < -0.4 is 0 Å². The van der Waals surface area contributed by atoms with E-state index < -0.39 is 0 Å². The van der Waals surface area contributed by atoms with Crippen LogP contribution in [0.25, 0.3) is 0 Å². The van der Waals surface area contributed by atoms with Crippen LogP contribution in [0.2, 0.25) is 0 Å². The fourth-order valence-electron chi connectivity index (χ4n) is 0.774. The third-order valence-electron chi connectivity index (χ3n) is 1.37. The molecule has 0 fully saturated rings. The van der Waals surface area contributed by atoms with Crippen LogP contribution in [-0.2, 0) is 0 Å². The lowest BCUT2D eigenvalue weighted by Gasteiger charge is -2.05. The number of rotatable bonds is 0. The molecule has 2 radical (unpaired) electrons. The van der Waals surface area contributed by atoms with Crippen LogP contribution in [0.5, 0.6) is 0 Å². The van der Waals surface area contributed by atoms with E-state index in [1.165, 1.54) is 0 Å². The largest absolute Gasteiger partial charge is 0.117 e. The molecule has 1 heteroatoms. The van der Waals surface area contributed by atoms with Gasteiger partial charge in [-0.25, -0.2) is 0 Å². The van der Waals surface area contributed by atoms with Gasteiger partial charge >= 0.3 is 0 Å². The highest BCUT2D eigenvalue weighted by atomic mass is 14.0. The first-order valence-electron chi connectivity index (χ1n) is 2.95. The van der Waals surface area contributed by atoms with Crippen LogP contribution in [0.15, 0.2) is 23.2 Å². The van der Waals surface area contributed by atoms with Crippen LogP contribution in [0.1, 0.15) is 12.8 Å². The zero-order chi connectivity index (χ0) is 6.69. The van der Waals surface area contributed by atoms with Crippen LogP contribution in [-0.4, -0.2) is 7.85 Å². The first-order chi connectivity index (χ1) is 4.33. The summed E-state index contributed by atoms with van der Waals surface area (Å²) in [6.45, 7) is 0. The molecule has 0 heterocycles. The Kier molecular flexibility index (Phi) is 1.79. The Labute approximate surface area is 57.1 Å². The molecule has 1 rings (SSSR count). The normalized spacial score (nSPS) is 17.7. The molecule has 0 amide bonds. The predicted octanol–water partition coefficient (Wildman–Crippen LogP) is 1.39. The van der Waals surface area contributed by atoms with Crippen LogP contribution >= 0.6 is 0 Å². The summed E-state index contributed by atoms with van der Waals surface area (Å²) in [6, 6.07) is 0. The molecule has 0 aliphatic heterocycles. The van der Waals surface area contributed by atoms with Gasteiger partial charge in [-0.1, -0.05) is 18.1 Å². The van der Waals surface area contributed by atoms with Gasteiger partial charge in [-0.05, 0) is 12.8 Å². The van der Waals surface area contributed by atoms with Crippen molar-refractivity contribution >= 4 is 7.85 Å². The highest BCUT2D eigenvalue weighted by molar-refractivity contribution is 6.21. The maximum absolute atomic E-state index is 5.50. The molecule has 42 valence electrons. The van der Waals surface area contributed by atoms with Gasteiger partial charge < -0.3 is 0 Å². The minimum Gasteiger partial charge on any atom is -0.117 e. The van der Waals surface area contributed by atoms with Crippen molar-refractivity contribution in [3.05, 3.63) is 23.2 Å². The Balaban J connectivity index is 2.73. The van der Waals surface area contributed by atoms with Crippen LogP contribution in [0.3, 0.4) is 0 Å². The van der Waals surface area contributed by atoms with Gasteiger partial charge in [-0.2, -0.15) is 0 Å². The van der Waals surface area contributed by atoms with Crippen molar-refractivity contribution in [2.75, 3.05) is 0 Å². The summed E-state index contributed by atoms with van der Waals surface area (Å²) in [5, 5.41) is 0. The highest BCUT2D eigenvalue weighted by Gasteiger charge is 1.97. The van der Waals surface area contributed by atoms with E-state index in [2.05, 4.69) is 5.92 Å². The third kappa shape index (κ3) is 1.50. The van der Waals surface area contributed by atoms with E-state index in [-0.39, 0.29) is 0 Å². The standard InChI is InChI=1S/C8H7B/c1-2-7-3-5-8(9)6-4-7/h1,3,5H,4,6H2. The van der Waals surface area contributed by atoms with E-state index in [0.717, 1.165) is 23.9 Å². The van der Waals surface area contributed by atoms with Gasteiger partial charge in [-0.15, -0.1) is 11.9 Å². The van der Waals surface area contributed by atoms with E-state index in [1.807, 2.05) is 12.2 Å². The van der Waals surface area contributed by atoms with Gasteiger partial charge in [0.05, 0.1) is 0 Å². The molecule has 0 atom stereocenters. The molecule has 0 nitrogen and oxygen atoms in total. The molecule has 0 saturated carbocycles. The molecule has 0 aromatic carbocycles. The average molecular weight is 114 g/mol. The Morgan fingerprint density at radius 1 is 1.44 bits per heavy atom. The third-order valence-corrected chi connectivity index (χ3v) is 1.37. The van der Waals surface area contributed by atoms with E-state index in [9.17, 15) is 0 Å². The molecule has 0 aromatic rings. The van der Waals surface area contributed by atoms with E-state index in [1.54, 1.807) is 0 Å². The lowest BCUT2D eigenvalue weighted by Crippen LogP contribution is -1.90. The summed E-state index contributed by atoms with van der Waals surface area (Å²) < 4.78 is 0. The second-order valence-electron chi connectivity index (χ2n) is 2.08. The van der Waals surface area contributed by atoms with Gasteiger partial charge in [0.15, 0.2) is 0 Å². The minimum absolute atomic E-state index is 0.913. The lowest BCUT2D eigenvalue weighted by molar-refractivity contribution is 0.982. The van der Waals surface area contributed by atoms with Crippen molar-refractivity contribution < 1.29 is 0 Å². The second-order valence-corrected chi connectivity index (χ2v) is 2.08. The fourth-order valence-corrected chi connectivity index (χ4v) is 0.774. The fraction of sp³-hybridized carbons (Fsp3) is 0.250. The Morgan fingerprint density at radius 3 is 2.67 bits per heavy atom. The van der Waals surface area contributed by atoms with Gasteiger partial charge in [0.2, 0.25) is 0 Å². The van der Waals surface area contributed by atoms with Crippen molar-refractivity contribution in [2.24, 2.45) is 0 Å². The van der Waals surface area contributed by atoms with E-state index in [4.69, 9.17) is 14.3 Å². The van der Waals surface area contributed by atoms with Gasteiger partial charge in [0.25, 0.3) is 0 Å². The summed E-state index contributed by atoms with van der Waals surface area (Å²) in [5.41, 5.74) is 1.97. The van der Waals surface area contributed by atoms with Crippen LogP contribution in [0, 0.1) is 12.3 Å². The molecular weight excluding hydrogens is 107 g/mol. The Bertz CT molecular complexity index is 203. The summed E-state index contributed by atoms with van der Waals surface area (Å²) >= 11 is 0. The topological polar surface area (TPSA) is 0 Å². The van der Waals surface area contributed by atoms with Gasteiger partial charge in [0, 0.05) is 5.57 Å². The molecule has 0 aromatic heterocycles. The Hall–Kier alpha value is -0.895. The molecular formula is C8H7B. The molecule has 0 bridgehead atoms. The summed E-state index contributed by atoms with van der Waals surface area (Å²) in [5.74, 6) is 2.59. The highest BCUT2D eigenvalue weighted by Crippen LogP contribution is 2.14. The smallest absolute Gasteiger partial charge is 0.107 e. The Morgan fingerprint density at radius 2 is 2.22 bits per heavy atom. The van der Waals surface area contributed by atoms with Crippen LogP contribution in [0.4, 0.5) is 0 Å². The first-order valence-corrected chi connectivity index (χ1v) is 2.95. The van der Waals surface area contributed by atoms with Gasteiger partial charge in [-0.3, -0.25) is 0 Å². The monoisotopic (exact) mass is 114 g/mol. The number of hydrogen-bond acceptors (Lipinski definition) is 0.